The topological polar surface area (TPSA) is 56.7 Å². The van der Waals surface area contributed by atoms with Crippen LogP contribution >= 0.6 is 0 Å². The van der Waals surface area contributed by atoms with Crippen LogP contribution in [0.5, 0.6) is 0 Å². The Morgan fingerprint density at radius 2 is 1.25 bits per heavy atom. The number of furan rings is 1. The summed E-state index contributed by atoms with van der Waals surface area (Å²) in [5.74, 6) is 1.84. The van der Waals surface area contributed by atoms with E-state index in [1.807, 2.05) is 45.0 Å². The molecule has 0 bridgehead atoms. The summed E-state index contributed by atoms with van der Waals surface area (Å²) >= 11 is 0. The molecule has 3 heterocycles. The van der Waals surface area contributed by atoms with Crippen molar-refractivity contribution in [3.05, 3.63) is 211 Å². The van der Waals surface area contributed by atoms with Gasteiger partial charge in [-0.2, -0.15) is 0 Å². The predicted molar refractivity (Wildman–Crippen MR) is 319 cm³/mol. The Labute approximate surface area is 466 Å². The van der Waals surface area contributed by atoms with Gasteiger partial charge in [-0.05, 0) is 116 Å². The molecule has 0 aliphatic rings. The van der Waals surface area contributed by atoms with E-state index in [4.69, 9.17) is 13.5 Å². The maximum Gasteiger partial charge on any atom is 0.121 e. The van der Waals surface area contributed by atoms with Crippen LogP contribution in [0.4, 0.5) is 0 Å². The number of hydrogen-bond donors (Lipinski definition) is 0. The van der Waals surface area contributed by atoms with E-state index in [0.717, 1.165) is 49.9 Å². The minimum atomic E-state index is -2.21. The van der Waals surface area contributed by atoms with Crippen LogP contribution in [-0.4, -0.2) is 27.6 Å². The number of aromatic nitrogens is 4. The molecule has 0 aliphatic heterocycles. The molecule has 0 fully saturated rings. The summed E-state index contributed by atoms with van der Waals surface area (Å²) < 4.78 is 32.1. The van der Waals surface area contributed by atoms with Crippen molar-refractivity contribution in [2.75, 3.05) is 0 Å². The zero-order valence-electron chi connectivity index (χ0n) is 47.9. The van der Waals surface area contributed by atoms with Crippen molar-refractivity contribution >= 4 is 67.8 Å². The second kappa shape index (κ2) is 20.7. The van der Waals surface area contributed by atoms with Gasteiger partial charge in [0.15, 0.2) is 0 Å². The van der Waals surface area contributed by atoms with Gasteiger partial charge in [0.05, 0.1) is 36.3 Å². The average Bonchev–Trinajstić information content (AvgIpc) is 4.09. The van der Waals surface area contributed by atoms with Crippen LogP contribution in [-0.2, 0) is 25.5 Å². The number of para-hydroxylation sites is 2. The van der Waals surface area contributed by atoms with E-state index in [0.29, 0.717) is 11.5 Å². The molecule has 76 heavy (non-hydrogen) atoms. The largest absolute Gasteiger partial charge is 0.501 e. The first-order valence-electron chi connectivity index (χ1n) is 27.6. The van der Waals surface area contributed by atoms with Gasteiger partial charge >= 0.3 is 0 Å². The Balaban J connectivity index is 0.000000284. The second-order valence-electron chi connectivity index (χ2n) is 22.5. The standard InChI is InChI=1S/C54H47N2OSi.C15H17N2.Ir/c1-33(2)45-30-40(37-21-19-35(20-22-37)36-25-27-41(28-26-36)58(5,6)7)31-46(34(3)4)52(45)56-50-18-11-10-17-49(50)55-54(56)44-16-12-15-43-48-29-39-24-23-38-13-8-9-14-42(38)47(39)32-51(48)57-53(43)44;1-11-10-16-14(12-8-6-5-7-9-12)17-13(11)15(2,3)4;/h8-15,17-34H,1-7H3;5-8,10H,1-4H3;/q2*-1;/i;1D3;. The van der Waals surface area contributed by atoms with Crippen LogP contribution in [0.2, 0.25) is 19.6 Å². The van der Waals surface area contributed by atoms with Gasteiger partial charge < -0.3 is 8.98 Å². The summed E-state index contributed by atoms with van der Waals surface area (Å²) in [7, 11) is -1.35. The summed E-state index contributed by atoms with van der Waals surface area (Å²) in [5, 5.41) is 8.49. The van der Waals surface area contributed by atoms with Crippen molar-refractivity contribution in [2.45, 2.75) is 92.2 Å². The Kier molecular flexibility index (Phi) is 13.2. The summed E-state index contributed by atoms with van der Waals surface area (Å²) in [6.07, 6.45) is 1.41. The Morgan fingerprint density at radius 1 is 0.605 bits per heavy atom. The average molecular weight is 1190 g/mol. The molecule has 0 saturated carbocycles. The number of benzene rings is 9. The van der Waals surface area contributed by atoms with E-state index in [1.165, 1.54) is 72.0 Å². The van der Waals surface area contributed by atoms with Crippen molar-refractivity contribution < 1.29 is 28.6 Å². The van der Waals surface area contributed by atoms with Crippen molar-refractivity contribution in [1.82, 2.24) is 19.5 Å². The first-order chi connectivity index (χ1) is 37.2. The van der Waals surface area contributed by atoms with Crippen LogP contribution in [0, 0.1) is 19.0 Å². The van der Waals surface area contributed by atoms with Gasteiger partial charge in [0, 0.05) is 52.6 Å². The number of rotatable bonds is 8. The third kappa shape index (κ3) is 9.89. The van der Waals surface area contributed by atoms with Gasteiger partial charge in [-0.25, -0.2) is 0 Å². The third-order valence-electron chi connectivity index (χ3n) is 14.5. The van der Waals surface area contributed by atoms with Gasteiger partial charge in [-0.3, -0.25) is 15.0 Å². The molecule has 0 aliphatic carbocycles. The molecule has 7 heteroatoms. The molecule has 0 saturated heterocycles. The normalized spacial score (nSPS) is 12.8. The molecule has 0 N–H and O–H groups in total. The maximum atomic E-state index is 7.61. The molecule has 381 valence electrons. The minimum absolute atomic E-state index is 0. The zero-order chi connectivity index (χ0) is 54.8. The number of fused-ring (bicyclic) bond motifs is 7. The van der Waals surface area contributed by atoms with Gasteiger partial charge in [0.25, 0.3) is 0 Å². The number of aryl methyl sites for hydroxylation is 1. The molecule has 0 atom stereocenters. The Morgan fingerprint density at radius 3 is 1.91 bits per heavy atom. The zero-order valence-corrected chi connectivity index (χ0v) is 48.3. The molecule has 5 nitrogen and oxygen atoms in total. The van der Waals surface area contributed by atoms with Crippen LogP contribution < -0.4 is 5.19 Å². The first-order valence-corrected chi connectivity index (χ1v) is 29.6. The van der Waals surface area contributed by atoms with E-state index in [-0.39, 0.29) is 42.9 Å². The summed E-state index contributed by atoms with van der Waals surface area (Å²) in [6.45, 7) is 20.1. The second-order valence-corrected chi connectivity index (χ2v) is 27.6. The van der Waals surface area contributed by atoms with Crippen LogP contribution in [0.15, 0.2) is 180 Å². The molecule has 1 radical (unpaired) electrons. The molecular formula is C69H64IrN4OSi-2. The van der Waals surface area contributed by atoms with E-state index in [9.17, 15) is 0 Å². The minimum Gasteiger partial charge on any atom is -0.501 e. The fourth-order valence-electron chi connectivity index (χ4n) is 10.4. The fraction of sp³-hybridized carbons (Fsp3) is 0.203. The summed E-state index contributed by atoms with van der Waals surface area (Å²) in [5.41, 5.74) is 14.4. The molecule has 0 unspecified atom stereocenters. The smallest absolute Gasteiger partial charge is 0.121 e. The van der Waals surface area contributed by atoms with Crippen molar-refractivity contribution in [2.24, 2.45) is 0 Å². The number of imidazole rings is 1. The number of hydrogen-bond acceptors (Lipinski definition) is 4. The van der Waals surface area contributed by atoms with E-state index < -0.39 is 14.9 Å². The monoisotopic (exact) mass is 1190 g/mol. The molecule has 3 aromatic heterocycles. The van der Waals surface area contributed by atoms with Gasteiger partial charge in [0.2, 0.25) is 0 Å². The van der Waals surface area contributed by atoms with Crippen molar-refractivity contribution in [1.29, 1.82) is 0 Å². The van der Waals surface area contributed by atoms with Gasteiger partial charge in [-0.15, -0.1) is 54.1 Å². The van der Waals surface area contributed by atoms with E-state index in [2.05, 4.69) is 214 Å². The van der Waals surface area contributed by atoms with Crippen LogP contribution in [0.3, 0.4) is 0 Å². The van der Waals surface area contributed by atoms with Crippen LogP contribution in [0.1, 0.15) is 86.8 Å². The summed E-state index contributed by atoms with van der Waals surface area (Å²) in [6, 6.07) is 67.3. The molecule has 12 aromatic rings. The maximum absolute atomic E-state index is 7.61. The van der Waals surface area contributed by atoms with E-state index >= 15 is 0 Å². The molecule has 12 rings (SSSR count). The molecular weight excluding hydrogens is 1120 g/mol. The van der Waals surface area contributed by atoms with Crippen molar-refractivity contribution in [3.63, 3.8) is 0 Å². The third-order valence-corrected chi connectivity index (χ3v) is 16.5. The Hall–Kier alpha value is -7.28. The quantitative estimate of drug-likeness (QED) is 0.0864. The molecule has 9 aromatic carbocycles. The Bertz CT molecular complexity index is 4180. The van der Waals surface area contributed by atoms with Crippen molar-refractivity contribution in [3.8, 4) is 50.7 Å². The molecule has 0 spiro atoms. The number of nitrogens with zero attached hydrogens (tertiary/aromatic N) is 4. The van der Waals surface area contributed by atoms with Gasteiger partial charge in [-0.1, -0.05) is 181 Å². The first kappa shape index (κ1) is 48.4. The predicted octanol–water partition coefficient (Wildman–Crippen LogP) is 18.4. The van der Waals surface area contributed by atoms with Crippen LogP contribution in [0.25, 0.3) is 105 Å². The fourth-order valence-corrected chi connectivity index (χ4v) is 11.6. The SMILES string of the molecule is CC(C)c1cc(-c2ccc(-c3ccc([Si](C)(C)C)cc3)cc2)cc(C(C)C)c1-n1c(-c2[c-]ccc3c2oc2cc4c(ccc5ccccc54)cc23)nc2ccccc21.[2H]C([2H])([2H])c1cnc(-c2[c-]cccc2)nc1C(C)(C)C.[Ir]. The summed E-state index contributed by atoms with van der Waals surface area (Å²) in [4.78, 5) is 14.1. The molecule has 0 amide bonds. The van der Waals surface area contributed by atoms with E-state index in [1.54, 1.807) is 6.07 Å². The van der Waals surface area contributed by atoms with Gasteiger partial charge in [0.1, 0.15) is 5.58 Å².